The minimum absolute atomic E-state index is 0.0258. The summed E-state index contributed by atoms with van der Waals surface area (Å²) in [5.41, 5.74) is 6.15. The predicted molar refractivity (Wildman–Crippen MR) is 74.6 cm³/mol. The molecular formula is C14H21N3O2. The first-order valence-corrected chi connectivity index (χ1v) is 6.66. The number of nitrogens with two attached hydrogens (primary N) is 1. The van der Waals surface area contributed by atoms with Crippen molar-refractivity contribution in [1.82, 2.24) is 9.88 Å². The van der Waals surface area contributed by atoms with E-state index in [1.807, 2.05) is 0 Å². The summed E-state index contributed by atoms with van der Waals surface area (Å²) in [5.74, 6) is 0.433. The Morgan fingerprint density at radius 3 is 2.74 bits per heavy atom. The molecule has 3 N–H and O–H groups in total. The number of amides is 1. The number of anilines is 1. The van der Waals surface area contributed by atoms with Crippen LogP contribution < -0.4 is 16.6 Å². The molecule has 1 aliphatic carbocycles. The SMILES string of the molecule is CC(C)C1(CNC(=O)Cn2cc(N)ccc2=O)CC1. The van der Waals surface area contributed by atoms with Gasteiger partial charge in [-0.25, -0.2) is 0 Å². The molecule has 1 fully saturated rings. The van der Waals surface area contributed by atoms with Crippen LogP contribution in [0.25, 0.3) is 0 Å². The molecule has 5 nitrogen and oxygen atoms in total. The van der Waals surface area contributed by atoms with Crippen LogP contribution in [-0.2, 0) is 11.3 Å². The molecule has 0 unspecified atom stereocenters. The van der Waals surface area contributed by atoms with Gasteiger partial charge < -0.3 is 15.6 Å². The van der Waals surface area contributed by atoms with Gasteiger partial charge in [-0.15, -0.1) is 0 Å². The number of pyridine rings is 1. The number of hydrogen-bond donors (Lipinski definition) is 2. The Balaban J connectivity index is 1.91. The van der Waals surface area contributed by atoms with Crippen molar-refractivity contribution in [3.63, 3.8) is 0 Å². The van der Waals surface area contributed by atoms with Crippen molar-refractivity contribution in [2.45, 2.75) is 33.2 Å². The number of nitrogens with one attached hydrogen (secondary N) is 1. The van der Waals surface area contributed by atoms with Crippen LogP contribution in [0.2, 0.25) is 0 Å². The van der Waals surface area contributed by atoms with E-state index in [9.17, 15) is 9.59 Å². The van der Waals surface area contributed by atoms with Crippen LogP contribution in [-0.4, -0.2) is 17.0 Å². The second-order valence-corrected chi connectivity index (χ2v) is 5.72. The maximum atomic E-state index is 11.9. The van der Waals surface area contributed by atoms with Gasteiger partial charge in [0.25, 0.3) is 5.56 Å². The fraction of sp³-hybridized carbons (Fsp3) is 0.571. The lowest BCUT2D eigenvalue weighted by Gasteiger charge is -2.20. The monoisotopic (exact) mass is 263 g/mol. The van der Waals surface area contributed by atoms with E-state index in [0.717, 1.165) is 0 Å². The third-order valence-corrected chi connectivity index (χ3v) is 4.07. The molecule has 1 saturated carbocycles. The molecule has 0 radical (unpaired) electrons. The number of nitrogens with zero attached hydrogens (tertiary/aromatic N) is 1. The minimum Gasteiger partial charge on any atom is -0.398 e. The molecule has 0 spiro atoms. The molecule has 19 heavy (non-hydrogen) atoms. The molecule has 104 valence electrons. The first-order valence-electron chi connectivity index (χ1n) is 6.66. The second kappa shape index (κ2) is 5.07. The van der Waals surface area contributed by atoms with Crippen molar-refractivity contribution < 1.29 is 4.79 Å². The molecular weight excluding hydrogens is 242 g/mol. The van der Waals surface area contributed by atoms with E-state index >= 15 is 0 Å². The van der Waals surface area contributed by atoms with Crippen molar-refractivity contribution in [3.05, 3.63) is 28.7 Å². The first-order chi connectivity index (χ1) is 8.93. The summed E-state index contributed by atoms with van der Waals surface area (Å²) in [6.07, 6.45) is 3.84. The Bertz CT molecular complexity index is 530. The number of hydrogen-bond acceptors (Lipinski definition) is 3. The minimum atomic E-state index is -0.214. The fourth-order valence-electron chi connectivity index (χ4n) is 2.28. The fourth-order valence-corrected chi connectivity index (χ4v) is 2.28. The number of rotatable bonds is 5. The van der Waals surface area contributed by atoms with E-state index in [1.54, 1.807) is 0 Å². The Labute approximate surface area is 112 Å². The highest BCUT2D eigenvalue weighted by atomic mass is 16.2. The first kappa shape index (κ1) is 13.6. The lowest BCUT2D eigenvalue weighted by molar-refractivity contribution is -0.122. The highest BCUT2D eigenvalue weighted by molar-refractivity contribution is 5.75. The topological polar surface area (TPSA) is 77.1 Å². The van der Waals surface area contributed by atoms with Crippen molar-refractivity contribution in [1.29, 1.82) is 0 Å². The zero-order chi connectivity index (χ0) is 14.0. The lowest BCUT2D eigenvalue weighted by atomic mass is 9.92. The molecule has 1 amide bonds. The summed E-state index contributed by atoms with van der Waals surface area (Å²) < 4.78 is 1.33. The lowest BCUT2D eigenvalue weighted by Crippen LogP contribution is -2.36. The Morgan fingerprint density at radius 1 is 1.47 bits per heavy atom. The standard InChI is InChI=1S/C14H21N3O2/c1-10(2)14(5-6-14)9-16-12(18)8-17-7-11(15)3-4-13(17)19/h3-4,7,10H,5-6,8-9,15H2,1-2H3,(H,16,18). The Morgan fingerprint density at radius 2 is 2.16 bits per heavy atom. The molecule has 0 bridgehead atoms. The molecule has 1 aliphatic rings. The molecule has 1 aromatic heterocycles. The van der Waals surface area contributed by atoms with E-state index in [2.05, 4.69) is 19.2 Å². The van der Waals surface area contributed by atoms with Crippen LogP contribution in [0.3, 0.4) is 0 Å². The Hall–Kier alpha value is -1.78. The normalized spacial score (nSPS) is 16.4. The van der Waals surface area contributed by atoms with Crippen LogP contribution >= 0.6 is 0 Å². The molecule has 5 heteroatoms. The van der Waals surface area contributed by atoms with E-state index < -0.39 is 0 Å². The van der Waals surface area contributed by atoms with Gasteiger partial charge in [-0.2, -0.15) is 0 Å². The summed E-state index contributed by atoms with van der Waals surface area (Å²) in [6.45, 7) is 5.09. The van der Waals surface area contributed by atoms with E-state index in [-0.39, 0.29) is 23.4 Å². The molecule has 0 aromatic carbocycles. The summed E-state index contributed by atoms with van der Waals surface area (Å²) >= 11 is 0. The molecule has 0 atom stereocenters. The summed E-state index contributed by atoms with van der Waals surface area (Å²) in [7, 11) is 0. The van der Waals surface area contributed by atoms with Gasteiger partial charge in [0.15, 0.2) is 0 Å². The highest BCUT2D eigenvalue weighted by Gasteiger charge is 2.45. The van der Waals surface area contributed by atoms with Crippen LogP contribution in [0.5, 0.6) is 0 Å². The molecule has 1 heterocycles. The third kappa shape index (κ3) is 3.16. The van der Waals surface area contributed by atoms with Crippen LogP contribution in [0.15, 0.2) is 23.1 Å². The van der Waals surface area contributed by atoms with Crippen molar-refractivity contribution in [3.8, 4) is 0 Å². The van der Waals surface area contributed by atoms with Gasteiger partial charge in [-0.3, -0.25) is 9.59 Å². The zero-order valence-electron chi connectivity index (χ0n) is 11.5. The van der Waals surface area contributed by atoms with Crippen LogP contribution in [0, 0.1) is 11.3 Å². The second-order valence-electron chi connectivity index (χ2n) is 5.72. The quantitative estimate of drug-likeness (QED) is 0.831. The van der Waals surface area contributed by atoms with Gasteiger partial charge in [-0.1, -0.05) is 13.8 Å². The molecule has 0 saturated heterocycles. The van der Waals surface area contributed by atoms with Gasteiger partial charge in [0.2, 0.25) is 5.91 Å². The predicted octanol–water partition coefficient (Wildman–Crippen LogP) is 0.983. The third-order valence-electron chi connectivity index (χ3n) is 4.07. The van der Waals surface area contributed by atoms with Crippen molar-refractivity contribution >= 4 is 11.6 Å². The zero-order valence-corrected chi connectivity index (χ0v) is 11.5. The Kier molecular flexibility index (Phi) is 3.64. The van der Waals surface area contributed by atoms with E-state index in [1.165, 1.54) is 35.7 Å². The van der Waals surface area contributed by atoms with Gasteiger partial charge in [0, 0.05) is 24.5 Å². The van der Waals surface area contributed by atoms with Gasteiger partial charge in [-0.05, 0) is 30.2 Å². The summed E-state index contributed by atoms with van der Waals surface area (Å²) in [5, 5.41) is 2.92. The largest absolute Gasteiger partial charge is 0.398 e. The van der Waals surface area contributed by atoms with Crippen LogP contribution in [0.4, 0.5) is 5.69 Å². The highest BCUT2D eigenvalue weighted by Crippen LogP contribution is 2.51. The summed E-state index contributed by atoms with van der Waals surface area (Å²) in [6, 6.07) is 2.91. The average Bonchev–Trinajstić information content (AvgIpc) is 3.12. The van der Waals surface area contributed by atoms with E-state index in [0.29, 0.717) is 18.2 Å². The van der Waals surface area contributed by atoms with Gasteiger partial charge in [0.05, 0.1) is 0 Å². The van der Waals surface area contributed by atoms with Crippen molar-refractivity contribution in [2.75, 3.05) is 12.3 Å². The number of nitrogen functional groups attached to an aromatic ring is 1. The number of carbonyl (C=O) groups is 1. The van der Waals surface area contributed by atoms with Crippen molar-refractivity contribution in [2.24, 2.45) is 11.3 Å². The van der Waals surface area contributed by atoms with Gasteiger partial charge in [0.1, 0.15) is 6.54 Å². The molecule has 0 aliphatic heterocycles. The number of aromatic nitrogens is 1. The van der Waals surface area contributed by atoms with E-state index in [4.69, 9.17) is 5.73 Å². The smallest absolute Gasteiger partial charge is 0.251 e. The number of carbonyl (C=O) groups excluding carboxylic acids is 1. The maximum absolute atomic E-state index is 11.9. The molecule has 2 rings (SSSR count). The maximum Gasteiger partial charge on any atom is 0.251 e. The average molecular weight is 263 g/mol. The molecule has 1 aromatic rings. The summed E-state index contributed by atoms with van der Waals surface area (Å²) in [4.78, 5) is 23.4. The van der Waals surface area contributed by atoms with Gasteiger partial charge >= 0.3 is 0 Å². The van der Waals surface area contributed by atoms with Crippen LogP contribution in [0.1, 0.15) is 26.7 Å².